The molecule has 132 valence electrons. The SMILES string of the molecule is COc1ccccc1-n1nnnc1SCc1nc(-c2cc(Br)cs2)no1. The van der Waals surface area contributed by atoms with Gasteiger partial charge in [0.1, 0.15) is 11.4 Å². The molecule has 0 aliphatic carbocycles. The van der Waals surface area contributed by atoms with Crippen molar-refractivity contribution in [3.8, 4) is 22.1 Å². The van der Waals surface area contributed by atoms with Crippen LogP contribution in [0.4, 0.5) is 0 Å². The van der Waals surface area contributed by atoms with Crippen molar-refractivity contribution in [3.63, 3.8) is 0 Å². The quantitative estimate of drug-likeness (QED) is 0.409. The lowest BCUT2D eigenvalue weighted by Crippen LogP contribution is -2.01. The van der Waals surface area contributed by atoms with Gasteiger partial charge in [-0.3, -0.25) is 0 Å². The van der Waals surface area contributed by atoms with Crippen LogP contribution in [0.1, 0.15) is 5.89 Å². The first-order chi connectivity index (χ1) is 12.7. The van der Waals surface area contributed by atoms with Gasteiger partial charge >= 0.3 is 0 Å². The van der Waals surface area contributed by atoms with E-state index in [2.05, 4.69) is 41.6 Å². The monoisotopic (exact) mass is 450 g/mol. The summed E-state index contributed by atoms with van der Waals surface area (Å²) in [6.07, 6.45) is 0. The molecule has 0 bridgehead atoms. The average molecular weight is 451 g/mol. The van der Waals surface area contributed by atoms with E-state index in [9.17, 15) is 0 Å². The first-order valence-corrected chi connectivity index (χ1v) is 10.0. The maximum atomic E-state index is 5.37. The molecule has 4 rings (SSSR count). The summed E-state index contributed by atoms with van der Waals surface area (Å²) in [7, 11) is 1.61. The standard InChI is InChI=1S/C15H11BrN6O2S2/c1-23-11-5-3-2-4-10(11)22-15(18-20-21-22)26-8-13-17-14(19-24-13)12-6-9(16)7-25-12/h2-7H,8H2,1H3. The predicted octanol–water partition coefficient (Wildman–Crippen LogP) is 3.84. The lowest BCUT2D eigenvalue weighted by molar-refractivity contribution is 0.391. The number of rotatable bonds is 6. The van der Waals surface area contributed by atoms with E-state index >= 15 is 0 Å². The van der Waals surface area contributed by atoms with Crippen LogP contribution in [0, 0.1) is 0 Å². The molecular weight excluding hydrogens is 440 g/mol. The van der Waals surface area contributed by atoms with E-state index in [4.69, 9.17) is 9.26 Å². The highest BCUT2D eigenvalue weighted by atomic mass is 79.9. The van der Waals surface area contributed by atoms with Crippen LogP contribution < -0.4 is 4.74 Å². The molecule has 3 heterocycles. The van der Waals surface area contributed by atoms with Crippen molar-refractivity contribution in [2.45, 2.75) is 10.9 Å². The highest BCUT2D eigenvalue weighted by molar-refractivity contribution is 9.10. The molecule has 0 aliphatic heterocycles. The van der Waals surface area contributed by atoms with Gasteiger partial charge in [-0.2, -0.15) is 9.67 Å². The molecule has 26 heavy (non-hydrogen) atoms. The van der Waals surface area contributed by atoms with E-state index in [1.54, 1.807) is 23.1 Å². The van der Waals surface area contributed by atoms with E-state index in [0.717, 1.165) is 15.0 Å². The summed E-state index contributed by atoms with van der Waals surface area (Å²) >= 11 is 6.37. The maximum absolute atomic E-state index is 5.37. The van der Waals surface area contributed by atoms with Gasteiger partial charge in [-0.1, -0.05) is 29.1 Å². The Balaban J connectivity index is 1.51. The normalized spacial score (nSPS) is 11.0. The van der Waals surface area contributed by atoms with Gasteiger partial charge in [0.15, 0.2) is 0 Å². The van der Waals surface area contributed by atoms with Crippen LogP contribution in [0.15, 0.2) is 49.9 Å². The van der Waals surface area contributed by atoms with Gasteiger partial charge in [-0.05, 0) is 44.6 Å². The van der Waals surface area contributed by atoms with Crippen LogP contribution in [0.3, 0.4) is 0 Å². The van der Waals surface area contributed by atoms with E-state index in [0.29, 0.717) is 28.4 Å². The van der Waals surface area contributed by atoms with Gasteiger partial charge in [-0.25, -0.2) is 0 Å². The van der Waals surface area contributed by atoms with Crippen molar-refractivity contribution in [2.24, 2.45) is 0 Å². The summed E-state index contributed by atoms with van der Waals surface area (Å²) in [6.45, 7) is 0. The van der Waals surface area contributed by atoms with Gasteiger partial charge in [-0.15, -0.1) is 16.4 Å². The zero-order chi connectivity index (χ0) is 17.9. The average Bonchev–Trinajstić information content (AvgIpc) is 3.40. The van der Waals surface area contributed by atoms with Crippen LogP contribution in [0.25, 0.3) is 16.4 Å². The minimum Gasteiger partial charge on any atom is -0.494 e. The van der Waals surface area contributed by atoms with Crippen LogP contribution >= 0.6 is 39.0 Å². The Morgan fingerprint density at radius 3 is 3.04 bits per heavy atom. The molecule has 0 aliphatic rings. The molecule has 11 heteroatoms. The fraction of sp³-hybridized carbons (Fsp3) is 0.133. The third kappa shape index (κ3) is 3.50. The third-order valence-electron chi connectivity index (χ3n) is 3.33. The number of benzene rings is 1. The first-order valence-electron chi connectivity index (χ1n) is 7.36. The van der Waals surface area contributed by atoms with E-state index in [1.807, 2.05) is 35.7 Å². The molecule has 8 nitrogen and oxygen atoms in total. The van der Waals surface area contributed by atoms with Gasteiger partial charge in [0.2, 0.25) is 16.9 Å². The lowest BCUT2D eigenvalue weighted by Gasteiger charge is -2.08. The molecule has 0 fully saturated rings. The molecule has 0 saturated heterocycles. The minimum absolute atomic E-state index is 0.453. The smallest absolute Gasteiger partial charge is 0.237 e. The number of halogens is 1. The van der Waals surface area contributed by atoms with Crippen LogP contribution in [-0.2, 0) is 5.75 Å². The molecule has 0 unspecified atom stereocenters. The van der Waals surface area contributed by atoms with Gasteiger partial charge < -0.3 is 9.26 Å². The van der Waals surface area contributed by atoms with E-state index in [-0.39, 0.29) is 0 Å². The number of thiophene rings is 1. The lowest BCUT2D eigenvalue weighted by atomic mass is 10.3. The van der Waals surface area contributed by atoms with Crippen molar-refractivity contribution in [1.29, 1.82) is 0 Å². The Morgan fingerprint density at radius 2 is 2.23 bits per heavy atom. The highest BCUT2D eigenvalue weighted by Gasteiger charge is 2.16. The number of thioether (sulfide) groups is 1. The molecule has 0 amide bonds. The summed E-state index contributed by atoms with van der Waals surface area (Å²) in [5, 5.41) is 18.5. The topological polar surface area (TPSA) is 91.8 Å². The van der Waals surface area contributed by atoms with Crippen molar-refractivity contribution in [3.05, 3.63) is 46.1 Å². The molecule has 0 saturated carbocycles. The van der Waals surface area contributed by atoms with Crippen molar-refractivity contribution >= 4 is 39.0 Å². The van der Waals surface area contributed by atoms with Gasteiger partial charge in [0.25, 0.3) is 0 Å². The third-order valence-corrected chi connectivity index (χ3v) is 5.93. The Kier molecular flexibility index (Phi) is 5.00. The molecule has 4 aromatic rings. The molecule has 0 radical (unpaired) electrons. The highest BCUT2D eigenvalue weighted by Crippen LogP contribution is 2.30. The number of hydrogen-bond donors (Lipinski definition) is 0. The van der Waals surface area contributed by atoms with Gasteiger partial charge in [0.05, 0.1) is 17.7 Å². The Hall–Kier alpha value is -2.24. The number of hydrogen-bond acceptors (Lipinski definition) is 9. The number of methoxy groups -OCH3 is 1. The second kappa shape index (κ2) is 7.56. The molecule has 0 atom stereocenters. The molecule has 0 spiro atoms. The Bertz CT molecular complexity index is 1030. The summed E-state index contributed by atoms with van der Waals surface area (Å²) in [5.74, 6) is 2.21. The molecule has 1 aromatic carbocycles. The summed E-state index contributed by atoms with van der Waals surface area (Å²) in [6, 6.07) is 9.49. The fourth-order valence-electron chi connectivity index (χ4n) is 2.20. The van der Waals surface area contributed by atoms with Crippen molar-refractivity contribution in [2.75, 3.05) is 7.11 Å². The van der Waals surface area contributed by atoms with Crippen molar-refractivity contribution < 1.29 is 9.26 Å². The van der Waals surface area contributed by atoms with Gasteiger partial charge in [0, 0.05) is 9.85 Å². The molecule has 3 aromatic heterocycles. The predicted molar refractivity (Wildman–Crippen MR) is 101 cm³/mol. The zero-order valence-corrected chi connectivity index (χ0v) is 16.6. The Labute approximate surface area is 164 Å². The number of aromatic nitrogens is 6. The van der Waals surface area contributed by atoms with Crippen LogP contribution in [0.5, 0.6) is 5.75 Å². The molecule has 0 N–H and O–H groups in total. The first kappa shape index (κ1) is 17.2. The largest absolute Gasteiger partial charge is 0.494 e. The molecular formula is C15H11BrN6O2S2. The second-order valence-electron chi connectivity index (χ2n) is 4.97. The van der Waals surface area contributed by atoms with E-state index in [1.165, 1.54) is 11.8 Å². The zero-order valence-electron chi connectivity index (χ0n) is 13.4. The number of nitrogens with zero attached hydrogens (tertiary/aromatic N) is 6. The second-order valence-corrected chi connectivity index (χ2v) is 7.74. The number of tetrazole rings is 1. The van der Waals surface area contributed by atoms with Crippen molar-refractivity contribution in [1.82, 2.24) is 30.3 Å². The van der Waals surface area contributed by atoms with E-state index < -0.39 is 0 Å². The number of ether oxygens (including phenoxy) is 1. The van der Waals surface area contributed by atoms with Crippen LogP contribution in [0.2, 0.25) is 0 Å². The summed E-state index contributed by atoms with van der Waals surface area (Å²) in [5.41, 5.74) is 0.761. The summed E-state index contributed by atoms with van der Waals surface area (Å²) in [4.78, 5) is 5.36. The maximum Gasteiger partial charge on any atom is 0.237 e. The van der Waals surface area contributed by atoms with Crippen LogP contribution in [-0.4, -0.2) is 37.5 Å². The fourth-order valence-corrected chi connectivity index (χ4v) is 4.27. The number of para-hydroxylation sites is 2. The Morgan fingerprint density at radius 1 is 1.35 bits per heavy atom. The minimum atomic E-state index is 0.453. The summed E-state index contributed by atoms with van der Waals surface area (Å²) < 4.78 is 13.3.